The van der Waals surface area contributed by atoms with Crippen molar-refractivity contribution in [2.75, 3.05) is 13.1 Å². The Balaban J connectivity index is 0.00000208. The molecule has 0 bridgehead atoms. The number of likely N-dealkylation sites (tertiary alicyclic amines) is 1. The first-order chi connectivity index (χ1) is 10.9. The summed E-state index contributed by atoms with van der Waals surface area (Å²) in [5.41, 5.74) is 7.34. The van der Waals surface area contributed by atoms with Crippen LogP contribution in [0.3, 0.4) is 0 Å². The van der Waals surface area contributed by atoms with Crippen molar-refractivity contribution >= 4 is 12.4 Å². The average Bonchev–Trinajstić information content (AvgIpc) is 2.90. The van der Waals surface area contributed by atoms with Crippen LogP contribution in [0.4, 0.5) is 8.78 Å². The maximum absolute atomic E-state index is 14.0. The zero-order valence-corrected chi connectivity index (χ0v) is 14.7. The van der Waals surface area contributed by atoms with Gasteiger partial charge < -0.3 is 5.73 Å². The molecule has 0 spiro atoms. The predicted molar refractivity (Wildman–Crippen MR) is 92.8 cm³/mol. The predicted octanol–water partition coefficient (Wildman–Crippen LogP) is 3.34. The van der Waals surface area contributed by atoms with E-state index in [4.69, 9.17) is 5.73 Å². The second-order valence-electron chi connectivity index (χ2n) is 6.96. The summed E-state index contributed by atoms with van der Waals surface area (Å²) in [5, 5.41) is 6.73. The monoisotopic (exact) mass is 356 g/mol. The van der Waals surface area contributed by atoms with E-state index in [1.807, 2.05) is 0 Å². The number of piperidine rings is 1. The fourth-order valence-electron chi connectivity index (χ4n) is 3.24. The molecular formula is C17H23ClF2N4. The molecule has 1 fully saturated rings. The van der Waals surface area contributed by atoms with Crippen LogP contribution in [0, 0.1) is 17.0 Å². The van der Waals surface area contributed by atoms with Gasteiger partial charge in [-0.05, 0) is 24.0 Å². The molecule has 7 heteroatoms. The Labute approximate surface area is 146 Å². The zero-order chi connectivity index (χ0) is 16.6. The standard InChI is InChI=1S/C17H22F2N4.ClH/c1-17(2)10-23(7-6-14(17)20)9-11-8-21-22-16(11)15-12(18)4-3-5-13(15)19;/h3-5,8,14H,6-7,9-10,20H2,1-2H3,(H,21,22);1H. The molecule has 4 nitrogen and oxygen atoms in total. The summed E-state index contributed by atoms with van der Waals surface area (Å²) in [4.78, 5) is 2.26. The third kappa shape index (κ3) is 3.61. The van der Waals surface area contributed by atoms with E-state index in [9.17, 15) is 8.78 Å². The summed E-state index contributed by atoms with van der Waals surface area (Å²) in [6.45, 7) is 6.61. The van der Waals surface area contributed by atoms with Gasteiger partial charge in [-0.25, -0.2) is 8.78 Å². The highest BCUT2D eigenvalue weighted by atomic mass is 35.5. The molecule has 3 N–H and O–H groups in total. The van der Waals surface area contributed by atoms with Crippen molar-refractivity contribution in [1.29, 1.82) is 0 Å². The molecule has 0 saturated carbocycles. The van der Waals surface area contributed by atoms with Crippen LogP contribution < -0.4 is 5.73 Å². The lowest BCUT2D eigenvalue weighted by atomic mass is 9.79. The number of hydrogen-bond donors (Lipinski definition) is 2. The van der Waals surface area contributed by atoms with E-state index in [0.717, 1.165) is 25.1 Å². The summed E-state index contributed by atoms with van der Waals surface area (Å²) in [5.74, 6) is -1.17. The van der Waals surface area contributed by atoms with E-state index in [2.05, 4.69) is 28.9 Å². The van der Waals surface area contributed by atoms with E-state index in [1.165, 1.54) is 18.2 Å². The highest BCUT2D eigenvalue weighted by Crippen LogP contribution is 2.31. The van der Waals surface area contributed by atoms with Crippen LogP contribution in [-0.2, 0) is 6.54 Å². The summed E-state index contributed by atoms with van der Waals surface area (Å²) in [6.07, 6.45) is 2.55. The summed E-state index contributed by atoms with van der Waals surface area (Å²) in [7, 11) is 0. The number of nitrogens with two attached hydrogens (primary N) is 1. The number of hydrogen-bond acceptors (Lipinski definition) is 3. The average molecular weight is 357 g/mol. The van der Waals surface area contributed by atoms with Crippen LogP contribution >= 0.6 is 12.4 Å². The Morgan fingerprint density at radius 2 is 2.00 bits per heavy atom. The van der Waals surface area contributed by atoms with Gasteiger partial charge in [0.2, 0.25) is 0 Å². The molecule has 1 aliphatic rings. The number of halogens is 3. The number of benzene rings is 1. The second-order valence-corrected chi connectivity index (χ2v) is 6.96. The van der Waals surface area contributed by atoms with Gasteiger partial charge in [-0.1, -0.05) is 19.9 Å². The van der Waals surface area contributed by atoms with Gasteiger partial charge in [0.25, 0.3) is 0 Å². The van der Waals surface area contributed by atoms with Crippen molar-refractivity contribution in [2.24, 2.45) is 11.1 Å². The first-order valence-corrected chi connectivity index (χ1v) is 7.83. The Morgan fingerprint density at radius 1 is 1.33 bits per heavy atom. The van der Waals surface area contributed by atoms with Crippen molar-refractivity contribution in [3.8, 4) is 11.3 Å². The van der Waals surface area contributed by atoms with Gasteiger partial charge in [0.05, 0.1) is 17.5 Å². The van der Waals surface area contributed by atoms with E-state index in [0.29, 0.717) is 12.2 Å². The first-order valence-electron chi connectivity index (χ1n) is 7.83. The minimum atomic E-state index is -0.587. The lowest BCUT2D eigenvalue weighted by molar-refractivity contribution is 0.0900. The number of aromatic nitrogens is 2. The van der Waals surface area contributed by atoms with Gasteiger partial charge in [0.1, 0.15) is 11.6 Å². The van der Waals surface area contributed by atoms with Crippen molar-refractivity contribution in [2.45, 2.75) is 32.9 Å². The fraction of sp³-hybridized carbons (Fsp3) is 0.471. The molecule has 2 heterocycles. The lowest BCUT2D eigenvalue weighted by Gasteiger charge is -2.42. The lowest BCUT2D eigenvalue weighted by Crippen LogP contribution is -2.52. The van der Waals surface area contributed by atoms with Crippen LogP contribution in [0.5, 0.6) is 0 Å². The maximum Gasteiger partial charge on any atom is 0.135 e. The zero-order valence-electron chi connectivity index (χ0n) is 13.9. The molecule has 1 saturated heterocycles. The quantitative estimate of drug-likeness (QED) is 0.886. The first kappa shape index (κ1) is 18.8. The van der Waals surface area contributed by atoms with Gasteiger partial charge in [-0.3, -0.25) is 10.00 Å². The van der Waals surface area contributed by atoms with E-state index in [-0.39, 0.29) is 29.4 Å². The smallest absolute Gasteiger partial charge is 0.135 e. The molecule has 2 aromatic rings. The van der Waals surface area contributed by atoms with Crippen LogP contribution in [0.15, 0.2) is 24.4 Å². The number of nitrogens with zero attached hydrogens (tertiary/aromatic N) is 2. The molecule has 24 heavy (non-hydrogen) atoms. The van der Waals surface area contributed by atoms with Gasteiger partial charge in [0, 0.05) is 31.2 Å². The third-order valence-electron chi connectivity index (χ3n) is 4.72. The number of rotatable bonds is 3. The van der Waals surface area contributed by atoms with E-state index < -0.39 is 11.6 Å². The van der Waals surface area contributed by atoms with Crippen molar-refractivity contribution < 1.29 is 8.78 Å². The molecular weight excluding hydrogens is 334 g/mol. The number of aromatic amines is 1. The highest BCUT2D eigenvalue weighted by Gasteiger charge is 2.33. The molecule has 1 aromatic carbocycles. The SMILES string of the molecule is CC1(C)CN(Cc2cn[nH]c2-c2c(F)cccc2F)CCC1N.Cl. The molecule has 1 aromatic heterocycles. The maximum atomic E-state index is 14.0. The van der Waals surface area contributed by atoms with Crippen molar-refractivity contribution in [3.63, 3.8) is 0 Å². The Morgan fingerprint density at radius 3 is 2.62 bits per heavy atom. The van der Waals surface area contributed by atoms with Crippen LogP contribution in [-0.4, -0.2) is 34.2 Å². The molecule has 0 amide bonds. The summed E-state index contributed by atoms with van der Waals surface area (Å²) >= 11 is 0. The molecule has 0 aliphatic carbocycles. The third-order valence-corrected chi connectivity index (χ3v) is 4.72. The Bertz CT molecular complexity index is 681. The molecule has 1 atom stereocenters. The topological polar surface area (TPSA) is 57.9 Å². The van der Waals surface area contributed by atoms with Crippen molar-refractivity contribution in [3.05, 3.63) is 41.6 Å². The minimum absolute atomic E-state index is 0. The summed E-state index contributed by atoms with van der Waals surface area (Å²) in [6, 6.07) is 4.04. The van der Waals surface area contributed by atoms with Crippen LogP contribution in [0.1, 0.15) is 25.8 Å². The van der Waals surface area contributed by atoms with Gasteiger partial charge in [-0.15, -0.1) is 12.4 Å². The molecule has 0 radical (unpaired) electrons. The second kappa shape index (κ2) is 7.17. The highest BCUT2D eigenvalue weighted by molar-refractivity contribution is 5.85. The van der Waals surface area contributed by atoms with Gasteiger partial charge >= 0.3 is 0 Å². The van der Waals surface area contributed by atoms with Gasteiger partial charge in [0.15, 0.2) is 0 Å². The molecule has 132 valence electrons. The van der Waals surface area contributed by atoms with E-state index in [1.54, 1.807) is 6.20 Å². The fourth-order valence-corrected chi connectivity index (χ4v) is 3.24. The normalized spacial score (nSPS) is 20.6. The number of nitrogens with one attached hydrogen (secondary N) is 1. The van der Waals surface area contributed by atoms with Crippen LogP contribution in [0.25, 0.3) is 11.3 Å². The Kier molecular flexibility index (Phi) is 5.63. The summed E-state index contributed by atoms with van der Waals surface area (Å²) < 4.78 is 28.1. The Hall–Kier alpha value is -1.50. The number of H-pyrrole nitrogens is 1. The molecule has 3 rings (SSSR count). The van der Waals surface area contributed by atoms with Crippen molar-refractivity contribution in [1.82, 2.24) is 15.1 Å². The molecule has 1 unspecified atom stereocenters. The van der Waals surface area contributed by atoms with Gasteiger partial charge in [-0.2, -0.15) is 5.10 Å². The minimum Gasteiger partial charge on any atom is -0.327 e. The molecule has 1 aliphatic heterocycles. The van der Waals surface area contributed by atoms with E-state index >= 15 is 0 Å². The van der Waals surface area contributed by atoms with Crippen LogP contribution in [0.2, 0.25) is 0 Å². The largest absolute Gasteiger partial charge is 0.327 e.